The van der Waals surface area contributed by atoms with Crippen molar-refractivity contribution in [3.8, 4) is 0 Å². The predicted octanol–water partition coefficient (Wildman–Crippen LogP) is -0.721. The minimum Gasteiger partial charge on any atom is -0.351 e. The van der Waals surface area contributed by atoms with E-state index in [1.54, 1.807) is 23.1 Å². The van der Waals surface area contributed by atoms with Crippen molar-refractivity contribution in [1.29, 1.82) is 0 Å². The van der Waals surface area contributed by atoms with Crippen LogP contribution in [0.25, 0.3) is 0 Å². The van der Waals surface area contributed by atoms with Gasteiger partial charge in [-0.1, -0.05) is 0 Å². The van der Waals surface area contributed by atoms with Crippen molar-refractivity contribution >= 4 is 15.9 Å². The summed E-state index contributed by atoms with van der Waals surface area (Å²) in [6.45, 7) is 2.20. The van der Waals surface area contributed by atoms with Crippen LogP contribution in [0.4, 0.5) is 0 Å². The second-order valence-corrected chi connectivity index (χ2v) is 6.31. The van der Waals surface area contributed by atoms with Crippen LogP contribution in [0.1, 0.15) is 6.92 Å². The van der Waals surface area contributed by atoms with E-state index in [9.17, 15) is 13.2 Å². The number of amides is 1. The molecule has 0 unspecified atom stereocenters. The van der Waals surface area contributed by atoms with Crippen molar-refractivity contribution in [2.45, 2.75) is 19.5 Å². The highest BCUT2D eigenvalue weighted by Gasteiger charge is 2.16. The summed E-state index contributed by atoms with van der Waals surface area (Å²) in [5.74, 6) is -0.331. The first kappa shape index (κ1) is 14.7. The Labute approximate surface area is 107 Å². The molecule has 0 saturated heterocycles. The van der Waals surface area contributed by atoms with Crippen LogP contribution >= 0.6 is 0 Å². The lowest BCUT2D eigenvalue weighted by Crippen LogP contribution is -2.42. The first-order valence-electron chi connectivity index (χ1n) is 5.47. The van der Waals surface area contributed by atoms with Crippen molar-refractivity contribution in [2.24, 2.45) is 0 Å². The van der Waals surface area contributed by atoms with Crippen molar-refractivity contribution in [1.82, 2.24) is 19.4 Å². The van der Waals surface area contributed by atoms with Gasteiger partial charge in [-0.05, 0) is 13.0 Å². The molecule has 1 rings (SSSR count). The number of nitrogens with one attached hydrogen (secondary N) is 1. The molecule has 8 heteroatoms. The Kier molecular flexibility index (Phi) is 4.85. The van der Waals surface area contributed by atoms with Gasteiger partial charge in [0, 0.05) is 25.5 Å². The van der Waals surface area contributed by atoms with Gasteiger partial charge in [0.25, 0.3) is 0 Å². The summed E-state index contributed by atoms with van der Waals surface area (Å²) in [5.41, 5.74) is 0. The smallest absolute Gasteiger partial charge is 0.235 e. The van der Waals surface area contributed by atoms with Gasteiger partial charge < -0.3 is 5.32 Å². The number of nitrogens with zero attached hydrogens (tertiary/aromatic N) is 3. The third-order valence-electron chi connectivity index (χ3n) is 2.36. The van der Waals surface area contributed by atoms with Crippen molar-refractivity contribution in [3.05, 3.63) is 18.5 Å². The van der Waals surface area contributed by atoms with Crippen LogP contribution < -0.4 is 5.32 Å². The Balaban J connectivity index is 2.40. The van der Waals surface area contributed by atoms with E-state index < -0.39 is 10.0 Å². The number of aromatic nitrogens is 2. The van der Waals surface area contributed by atoms with Crippen LogP contribution in [-0.4, -0.2) is 54.3 Å². The predicted molar refractivity (Wildman–Crippen MR) is 67.3 cm³/mol. The van der Waals surface area contributed by atoms with Crippen LogP contribution in [0.5, 0.6) is 0 Å². The summed E-state index contributed by atoms with van der Waals surface area (Å²) >= 11 is 0. The zero-order chi connectivity index (χ0) is 13.8. The van der Waals surface area contributed by atoms with Crippen molar-refractivity contribution in [2.75, 3.05) is 19.8 Å². The minimum absolute atomic E-state index is 0.120. The van der Waals surface area contributed by atoms with E-state index in [-0.39, 0.29) is 18.5 Å². The van der Waals surface area contributed by atoms with Gasteiger partial charge in [0.2, 0.25) is 15.9 Å². The Morgan fingerprint density at radius 3 is 2.72 bits per heavy atom. The highest BCUT2D eigenvalue weighted by atomic mass is 32.2. The number of carbonyl (C=O) groups excluding carboxylic acids is 1. The Bertz CT molecular complexity index is 483. The third kappa shape index (κ3) is 4.84. The molecule has 0 aromatic carbocycles. The molecule has 1 heterocycles. The summed E-state index contributed by atoms with van der Waals surface area (Å²) in [6.07, 6.45) is 4.52. The minimum atomic E-state index is -3.33. The van der Waals surface area contributed by atoms with Gasteiger partial charge in [0.05, 0.1) is 19.3 Å². The number of rotatable bonds is 6. The standard InChI is InChI=1S/C10H18N4O3S/c1-9(7-14-6-4-5-11-14)12-10(15)8-13(2)18(3,16)17/h4-6,9H,7-8H2,1-3H3,(H,12,15)/t9-/m0/s1. The van der Waals surface area contributed by atoms with E-state index in [2.05, 4.69) is 10.4 Å². The molecule has 0 radical (unpaired) electrons. The van der Waals surface area contributed by atoms with E-state index in [1.165, 1.54) is 7.05 Å². The molecule has 1 amide bonds. The molecule has 1 atom stereocenters. The fourth-order valence-corrected chi connectivity index (χ4v) is 1.73. The molecular formula is C10H18N4O3S. The molecule has 7 nitrogen and oxygen atoms in total. The number of carbonyl (C=O) groups is 1. The number of hydrogen-bond donors (Lipinski definition) is 1. The lowest BCUT2D eigenvalue weighted by atomic mass is 10.3. The number of sulfonamides is 1. The lowest BCUT2D eigenvalue weighted by Gasteiger charge is -2.17. The van der Waals surface area contributed by atoms with E-state index in [1.807, 2.05) is 6.92 Å². The molecule has 0 aliphatic heterocycles. The topological polar surface area (TPSA) is 84.3 Å². The van der Waals surface area contributed by atoms with Gasteiger partial charge in [-0.25, -0.2) is 8.42 Å². The molecule has 0 aliphatic carbocycles. The number of likely N-dealkylation sites (N-methyl/N-ethyl adjacent to an activating group) is 1. The van der Waals surface area contributed by atoms with Crippen molar-refractivity contribution < 1.29 is 13.2 Å². The summed E-state index contributed by atoms with van der Waals surface area (Å²) in [4.78, 5) is 11.6. The van der Waals surface area contributed by atoms with E-state index in [4.69, 9.17) is 0 Å². The van der Waals surface area contributed by atoms with Crippen molar-refractivity contribution in [3.63, 3.8) is 0 Å². The average molecular weight is 274 g/mol. The summed E-state index contributed by atoms with van der Waals surface area (Å²) in [6, 6.07) is 1.68. The first-order chi connectivity index (χ1) is 8.29. The maximum absolute atomic E-state index is 11.6. The van der Waals surface area contributed by atoms with Gasteiger partial charge in [-0.15, -0.1) is 0 Å². The van der Waals surface area contributed by atoms with Gasteiger partial charge in [0.15, 0.2) is 0 Å². The van der Waals surface area contributed by atoms with Gasteiger partial charge >= 0.3 is 0 Å². The Morgan fingerprint density at radius 2 is 2.22 bits per heavy atom. The fraction of sp³-hybridized carbons (Fsp3) is 0.600. The Hall–Kier alpha value is -1.41. The van der Waals surface area contributed by atoms with Gasteiger partial charge in [-0.3, -0.25) is 9.48 Å². The Morgan fingerprint density at radius 1 is 1.56 bits per heavy atom. The van der Waals surface area contributed by atoms with E-state index >= 15 is 0 Å². The molecule has 0 bridgehead atoms. The van der Waals surface area contributed by atoms with Crippen LogP contribution in [0.3, 0.4) is 0 Å². The quantitative estimate of drug-likeness (QED) is 0.742. The summed E-state index contributed by atoms with van der Waals surface area (Å²) in [5, 5.41) is 6.74. The second-order valence-electron chi connectivity index (χ2n) is 4.22. The molecule has 18 heavy (non-hydrogen) atoms. The van der Waals surface area contributed by atoms with Crippen LogP contribution in [0.2, 0.25) is 0 Å². The van der Waals surface area contributed by atoms with Gasteiger partial charge in [0.1, 0.15) is 0 Å². The third-order valence-corrected chi connectivity index (χ3v) is 3.62. The maximum Gasteiger partial charge on any atom is 0.235 e. The highest BCUT2D eigenvalue weighted by Crippen LogP contribution is 1.94. The molecule has 1 aromatic rings. The molecule has 1 aromatic heterocycles. The number of hydrogen-bond acceptors (Lipinski definition) is 4. The van der Waals surface area contributed by atoms with E-state index in [0.29, 0.717) is 6.54 Å². The normalized spacial score (nSPS) is 13.6. The van der Waals surface area contributed by atoms with Crippen LogP contribution in [-0.2, 0) is 21.4 Å². The van der Waals surface area contributed by atoms with Crippen LogP contribution in [0.15, 0.2) is 18.5 Å². The maximum atomic E-state index is 11.6. The summed E-state index contributed by atoms with van der Waals surface area (Å²) in [7, 11) is -1.96. The molecule has 102 valence electrons. The zero-order valence-corrected chi connectivity index (χ0v) is 11.5. The first-order valence-corrected chi connectivity index (χ1v) is 7.32. The molecular weight excluding hydrogens is 256 g/mol. The average Bonchev–Trinajstić information content (AvgIpc) is 2.67. The molecule has 0 spiro atoms. The molecule has 1 N–H and O–H groups in total. The monoisotopic (exact) mass is 274 g/mol. The highest BCUT2D eigenvalue weighted by molar-refractivity contribution is 7.88. The van der Waals surface area contributed by atoms with E-state index in [0.717, 1.165) is 10.6 Å². The summed E-state index contributed by atoms with van der Waals surface area (Å²) < 4.78 is 25.0. The lowest BCUT2D eigenvalue weighted by molar-refractivity contribution is -0.121. The molecule has 0 saturated carbocycles. The van der Waals surface area contributed by atoms with Gasteiger partial charge in [-0.2, -0.15) is 9.40 Å². The fourth-order valence-electron chi connectivity index (χ4n) is 1.37. The SMILES string of the molecule is C[C@@H](Cn1cccn1)NC(=O)CN(C)S(C)(=O)=O. The largest absolute Gasteiger partial charge is 0.351 e. The van der Waals surface area contributed by atoms with Crippen LogP contribution in [0, 0.1) is 0 Å². The zero-order valence-electron chi connectivity index (χ0n) is 10.7. The molecule has 0 fully saturated rings. The second kappa shape index (κ2) is 5.96. The molecule has 0 aliphatic rings.